The maximum Gasteiger partial charge on any atom is 0.412 e. The molecule has 4 amide bonds. The summed E-state index contributed by atoms with van der Waals surface area (Å²) >= 11 is 1.00. The van der Waals surface area contributed by atoms with Gasteiger partial charge in [-0.05, 0) is 23.3 Å². The topological polar surface area (TPSA) is 162 Å². The van der Waals surface area contributed by atoms with Gasteiger partial charge in [-0.25, -0.2) is 19.5 Å². The maximum absolute atomic E-state index is 13.7. The lowest BCUT2D eigenvalue weighted by Gasteiger charge is -2.29. The number of benzene rings is 2. The van der Waals surface area contributed by atoms with E-state index in [1.807, 2.05) is 6.07 Å². The molecule has 3 aromatic rings. The molecule has 2 aromatic carbocycles. The maximum atomic E-state index is 13.7. The molecule has 0 radical (unpaired) electrons. The Morgan fingerprint density at radius 1 is 1.07 bits per heavy atom. The third-order valence-electron chi connectivity index (χ3n) is 6.53. The number of nitrogens with one attached hydrogen (secondary N) is 2. The van der Waals surface area contributed by atoms with Gasteiger partial charge in [0.05, 0.1) is 7.11 Å². The van der Waals surface area contributed by atoms with Crippen LogP contribution in [0.2, 0.25) is 0 Å². The standard InChI is InChI=1S/C27H27N4O9PS/c1-15(16-8-6-5-7-9-16)21(22(32)30-25-28-19(14-42-25)24(34)37-2)31-23(33)20(29-26(31)35)17-10-12-18(13-11-17)40-27(38-3,39-4)41-36/h5-15,20-21H,1-4H3,(H,29,35)(H,28,30,32)/t15-,20?,21-/m0/s1. The van der Waals surface area contributed by atoms with Gasteiger partial charge >= 0.3 is 17.7 Å². The number of rotatable bonds is 12. The molecule has 2 N–H and O–H groups in total. The van der Waals surface area contributed by atoms with Crippen molar-refractivity contribution in [2.24, 2.45) is 0 Å². The number of anilines is 1. The van der Waals surface area contributed by atoms with Crippen LogP contribution in [0.4, 0.5) is 9.93 Å². The van der Waals surface area contributed by atoms with Crippen LogP contribution in [0.1, 0.15) is 40.5 Å². The van der Waals surface area contributed by atoms with Crippen LogP contribution in [-0.4, -0.2) is 66.8 Å². The second kappa shape index (κ2) is 13.2. The number of imide groups is 1. The van der Waals surface area contributed by atoms with Crippen molar-refractivity contribution in [1.29, 1.82) is 0 Å². The molecular weight excluding hydrogens is 587 g/mol. The average molecular weight is 615 g/mol. The van der Waals surface area contributed by atoms with E-state index in [2.05, 4.69) is 20.4 Å². The zero-order valence-corrected chi connectivity index (χ0v) is 24.6. The van der Waals surface area contributed by atoms with Crippen LogP contribution < -0.4 is 15.4 Å². The first-order chi connectivity index (χ1) is 20.2. The summed E-state index contributed by atoms with van der Waals surface area (Å²) in [6.07, 6.45) is 0. The molecule has 0 bridgehead atoms. The molecule has 3 atom stereocenters. The molecule has 1 aliphatic heterocycles. The Balaban J connectivity index is 1.61. The number of amides is 4. The van der Waals surface area contributed by atoms with Crippen LogP contribution in [0.3, 0.4) is 0 Å². The number of thiazole rings is 1. The van der Waals surface area contributed by atoms with E-state index in [0.717, 1.165) is 21.8 Å². The first kappa shape index (κ1) is 30.7. The zero-order valence-electron chi connectivity index (χ0n) is 22.9. The van der Waals surface area contributed by atoms with Crippen molar-refractivity contribution >= 4 is 48.7 Å². The van der Waals surface area contributed by atoms with E-state index in [0.29, 0.717) is 5.56 Å². The Morgan fingerprint density at radius 2 is 1.74 bits per heavy atom. The number of aromatic nitrogens is 1. The van der Waals surface area contributed by atoms with Crippen molar-refractivity contribution in [2.75, 3.05) is 26.6 Å². The molecule has 1 unspecified atom stereocenters. The first-order valence-electron chi connectivity index (χ1n) is 12.4. The molecule has 2 heterocycles. The second-order valence-corrected chi connectivity index (χ2v) is 10.5. The van der Waals surface area contributed by atoms with Gasteiger partial charge in [0.1, 0.15) is 17.8 Å². The minimum absolute atomic E-state index is 0.0102. The molecule has 1 aliphatic rings. The fourth-order valence-electron chi connectivity index (χ4n) is 4.34. The highest BCUT2D eigenvalue weighted by molar-refractivity contribution is 7.25. The van der Waals surface area contributed by atoms with Gasteiger partial charge in [0.2, 0.25) is 5.91 Å². The molecule has 0 spiro atoms. The van der Waals surface area contributed by atoms with Crippen molar-refractivity contribution in [3.8, 4) is 5.75 Å². The van der Waals surface area contributed by atoms with Crippen LogP contribution in [0.25, 0.3) is 0 Å². The summed E-state index contributed by atoms with van der Waals surface area (Å²) in [5.41, 5.74) is -0.706. The summed E-state index contributed by atoms with van der Waals surface area (Å²) in [4.78, 5) is 57.4. The Morgan fingerprint density at radius 3 is 2.33 bits per heavy atom. The number of urea groups is 1. The zero-order chi connectivity index (χ0) is 30.4. The molecule has 15 heteroatoms. The van der Waals surface area contributed by atoms with Crippen LogP contribution >= 0.6 is 19.8 Å². The Hall–Kier alpha value is -4.23. The molecule has 220 valence electrons. The van der Waals surface area contributed by atoms with E-state index in [4.69, 9.17) is 14.2 Å². The second-order valence-electron chi connectivity index (χ2n) is 8.95. The van der Waals surface area contributed by atoms with E-state index >= 15 is 0 Å². The third kappa shape index (κ3) is 6.31. The quantitative estimate of drug-likeness (QED) is 0.132. The largest absolute Gasteiger partial charge is 0.464 e. The Labute approximate surface area is 246 Å². The van der Waals surface area contributed by atoms with Gasteiger partial charge in [-0.3, -0.25) is 14.2 Å². The van der Waals surface area contributed by atoms with Crippen molar-refractivity contribution in [3.05, 3.63) is 76.8 Å². The van der Waals surface area contributed by atoms with Gasteiger partial charge in [-0.15, -0.1) is 11.3 Å². The summed E-state index contributed by atoms with van der Waals surface area (Å²) in [5, 5.41) is 6.80. The predicted molar refractivity (Wildman–Crippen MR) is 150 cm³/mol. The summed E-state index contributed by atoms with van der Waals surface area (Å²) < 4.78 is 31.7. The molecule has 0 saturated carbocycles. The fraction of sp³-hybridized carbons (Fsp3) is 0.296. The van der Waals surface area contributed by atoms with Crippen molar-refractivity contribution in [2.45, 2.75) is 30.6 Å². The van der Waals surface area contributed by atoms with E-state index in [-0.39, 0.29) is 16.6 Å². The molecule has 42 heavy (non-hydrogen) atoms. The lowest BCUT2D eigenvalue weighted by Crippen LogP contribution is -2.50. The minimum atomic E-state index is -1.85. The van der Waals surface area contributed by atoms with Crippen LogP contribution in [0.5, 0.6) is 5.75 Å². The molecule has 4 rings (SSSR count). The Kier molecular flexibility index (Phi) is 9.63. The summed E-state index contributed by atoms with van der Waals surface area (Å²) in [6.45, 7) is 1.73. The highest BCUT2D eigenvalue weighted by Crippen LogP contribution is 2.33. The summed E-state index contributed by atoms with van der Waals surface area (Å²) in [6, 6.07) is 11.9. The first-order valence-corrected chi connectivity index (χ1v) is 14.1. The van der Waals surface area contributed by atoms with Crippen molar-refractivity contribution in [3.63, 3.8) is 0 Å². The SMILES string of the molecule is COC(=O)c1csc(NC(=O)[C@H]([C@@H](C)c2ccccc2)N2C(=O)NC(c3ccc(OC(OC)(OC)P=O)cc3)C2=O)n1. The minimum Gasteiger partial charge on any atom is -0.464 e. The van der Waals surface area contributed by atoms with Gasteiger partial charge < -0.3 is 29.6 Å². The number of carbonyl (C=O) groups is 4. The van der Waals surface area contributed by atoms with Crippen LogP contribution in [-0.2, 0) is 28.4 Å². The Bertz CT molecular complexity index is 1460. The van der Waals surface area contributed by atoms with E-state index < -0.39 is 56.0 Å². The average Bonchev–Trinajstić information content (AvgIpc) is 3.60. The lowest BCUT2D eigenvalue weighted by molar-refractivity contribution is -0.255. The van der Waals surface area contributed by atoms with Gasteiger partial charge in [0.15, 0.2) is 10.8 Å². The van der Waals surface area contributed by atoms with Gasteiger partial charge in [0, 0.05) is 25.5 Å². The monoisotopic (exact) mass is 614 g/mol. The number of carbonyl (C=O) groups excluding carboxylic acids is 4. The number of hydrogen-bond donors (Lipinski definition) is 2. The normalized spacial score (nSPS) is 16.6. The fourth-order valence-corrected chi connectivity index (χ4v) is 5.31. The summed E-state index contributed by atoms with van der Waals surface area (Å²) in [5.74, 6) is -2.37. The molecule has 0 aliphatic carbocycles. The smallest absolute Gasteiger partial charge is 0.412 e. The van der Waals surface area contributed by atoms with Gasteiger partial charge in [-0.2, -0.15) is 0 Å². The van der Waals surface area contributed by atoms with E-state index in [1.165, 1.54) is 38.8 Å². The van der Waals surface area contributed by atoms with Crippen LogP contribution in [0, 0.1) is 0 Å². The van der Waals surface area contributed by atoms with Gasteiger partial charge in [0.25, 0.3) is 14.4 Å². The van der Waals surface area contributed by atoms with E-state index in [9.17, 15) is 23.7 Å². The summed E-state index contributed by atoms with van der Waals surface area (Å²) in [7, 11) is 3.17. The molecule has 1 fully saturated rings. The molecular formula is C27H27N4O9PS. The highest BCUT2D eigenvalue weighted by atomic mass is 32.1. The number of methoxy groups -OCH3 is 3. The molecule has 1 aromatic heterocycles. The lowest BCUT2D eigenvalue weighted by atomic mass is 9.91. The predicted octanol–water partition coefficient (Wildman–Crippen LogP) is 3.91. The number of hydrogen-bond acceptors (Lipinski definition) is 11. The number of esters is 1. The number of ether oxygens (including phenoxy) is 4. The molecule has 13 nitrogen and oxygen atoms in total. The highest BCUT2D eigenvalue weighted by Gasteiger charge is 2.47. The van der Waals surface area contributed by atoms with Crippen molar-refractivity contribution in [1.82, 2.24) is 15.2 Å². The number of nitrogens with zero attached hydrogens (tertiary/aromatic N) is 2. The van der Waals surface area contributed by atoms with Crippen molar-refractivity contribution < 1.29 is 42.7 Å². The third-order valence-corrected chi connectivity index (χ3v) is 7.97. The van der Waals surface area contributed by atoms with Crippen LogP contribution in [0.15, 0.2) is 60.0 Å². The molecule has 1 saturated heterocycles. The van der Waals surface area contributed by atoms with E-state index in [1.54, 1.807) is 43.3 Å². The van der Waals surface area contributed by atoms with Gasteiger partial charge in [-0.1, -0.05) is 49.4 Å².